The highest BCUT2D eigenvalue weighted by atomic mass is 19.1. The van der Waals surface area contributed by atoms with Gasteiger partial charge in [-0.25, -0.2) is 4.98 Å². The van der Waals surface area contributed by atoms with Gasteiger partial charge in [0.1, 0.15) is 5.69 Å². The Morgan fingerprint density at radius 1 is 1.47 bits per heavy atom. The Bertz CT molecular complexity index is 479. The van der Waals surface area contributed by atoms with Gasteiger partial charge in [0.2, 0.25) is 11.9 Å². The predicted molar refractivity (Wildman–Crippen MR) is 67.0 cm³/mol. The van der Waals surface area contributed by atoms with E-state index in [1.807, 2.05) is 0 Å². The number of amides is 2. The highest BCUT2D eigenvalue weighted by Gasteiger charge is 2.19. The van der Waals surface area contributed by atoms with Crippen molar-refractivity contribution in [2.24, 2.45) is 0 Å². The molecule has 0 aliphatic carbocycles. The van der Waals surface area contributed by atoms with E-state index in [4.69, 9.17) is 0 Å². The monoisotopic (exact) mass is 265 g/mol. The number of carbonyl (C=O) groups is 2. The first-order valence-corrected chi connectivity index (χ1v) is 6.35. The molecule has 6 heteroatoms. The fraction of sp³-hybridized carbons (Fsp3) is 0.462. The number of carbonyl (C=O) groups excluding carboxylic acids is 2. The molecule has 1 fully saturated rings. The summed E-state index contributed by atoms with van der Waals surface area (Å²) in [6, 6.07) is 4.10. The van der Waals surface area contributed by atoms with Crippen LogP contribution in [0.4, 0.5) is 4.39 Å². The van der Waals surface area contributed by atoms with E-state index in [0.29, 0.717) is 25.9 Å². The van der Waals surface area contributed by atoms with Crippen LogP contribution in [-0.4, -0.2) is 41.3 Å². The van der Waals surface area contributed by atoms with Crippen LogP contribution < -0.4 is 5.32 Å². The van der Waals surface area contributed by atoms with E-state index in [9.17, 15) is 14.0 Å². The summed E-state index contributed by atoms with van der Waals surface area (Å²) in [7, 11) is 0. The third-order valence-electron chi connectivity index (χ3n) is 3.01. The molecule has 0 radical (unpaired) electrons. The van der Waals surface area contributed by atoms with Crippen LogP contribution in [-0.2, 0) is 4.79 Å². The van der Waals surface area contributed by atoms with Crippen LogP contribution in [0.2, 0.25) is 0 Å². The first kappa shape index (κ1) is 13.5. The van der Waals surface area contributed by atoms with Crippen molar-refractivity contribution < 1.29 is 14.0 Å². The minimum Gasteiger partial charge on any atom is -0.351 e. The first-order chi connectivity index (χ1) is 9.16. The van der Waals surface area contributed by atoms with Gasteiger partial charge in [0.15, 0.2) is 0 Å². The third kappa shape index (κ3) is 3.74. The van der Waals surface area contributed by atoms with E-state index >= 15 is 0 Å². The number of pyridine rings is 1. The molecule has 0 unspecified atom stereocenters. The summed E-state index contributed by atoms with van der Waals surface area (Å²) in [5, 5.41) is 2.66. The average molecular weight is 265 g/mol. The first-order valence-electron chi connectivity index (χ1n) is 6.35. The standard InChI is InChI=1S/C13H16FN3O2/c14-11-5-1-4-10(16-11)13(19)15-7-3-9-17-8-2-6-12(17)18/h1,4-5H,2-3,6-9H2,(H,15,19). The summed E-state index contributed by atoms with van der Waals surface area (Å²) in [4.78, 5) is 28.3. The van der Waals surface area contributed by atoms with Gasteiger partial charge < -0.3 is 10.2 Å². The van der Waals surface area contributed by atoms with E-state index in [2.05, 4.69) is 10.3 Å². The molecular formula is C13H16FN3O2. The lowest BCUT2D eigenvalue weighted by Crippen LogP contribution is -2.31. The zero-order chi connectivity index (χ0) is 13.7. The Hall–Kier alpha value is -1.98. The molecule has 1 aliphatic heterocycles. The summed E-state index contributed by atoms with van der Waals surface area (Å²) in [5.41, 5.74) is 0.0669. The second-order valence-electron chi connectivity index (χ2n) is 4.44. The largest absolute Gasteiger partial charge is 0.351 e. The maximum Gasteiger partial charge on any atom is 0.269 e. The van der Waals surface area contributed by atoms with Gasteiger partial charge >= 0.3 is 0 Å². The average Bonchev–Trinajstić information content (AvgIpc) is 2.80. The third-order valence-corrected chi connectivity index (χ3v) is 3.01. The summed E-state index contributed by atoms with van der Waals surface area (Å²) in [6.45, 7) is 1.90. The molecular weight excluding hydrogens is 249 g/mol. The fourth-order valence-corrected chi connectivity index (χ4v) is 2.04. The van der Waals surface area contributed by atoms with Crippen LogP contribution in [0, 0.1) is 5.95 Å². The Morgan fingerprint density at radius 3 is 3.00 bits per heavy atom. The number of halogens is 1. The van der Waals surface area contributed by atoms with Gasteiger partial charge in [0.05, 0.1) is 0 Å². The van der Waals surface area contributed by atoms with Crippen LogP contribution in [0.25, 0.3) is 0 Å². The fourth-order valence-electron chi connectivity index (χ4n) is 2.04. The highest BCUT2D eigenvalue weighted by molar-refractivity contribution is 5.92. The normalized spacial score (nSPS) is 14.8. The molecule has 2 heterocycles. The molecule has 0 aromatic carbocycles. The summed E-state index contributed by atoms with van der Waals surface area (Å²) in [6.07, 6.45) is 2.23. The Balaban J connectivity index is 1.71. The van der Waals surface area contributed by atoms with Crippen molar-refractivity contribution in [1.82, 2.24) is 15.2 Å². The smallest absolute Gasteiger partial charge is 0.269 e. The molecule has 1 aromatic heterocycles. The predicted octanol–water partition coefficient (Wildman–Crippen LogP) is 0.963. The number of rotatable bonds is 5. The van der Waals surface area contributed by atoms with Gasteiger partial charge in [-0.1, -0.05) is 6.07 Å². The van der Waals surface area contributed by atoms with E-state index in [1.165, 1.54) is 18.2 Å². The topological polar surface area (TPSA) is 62.3 Å². The molecule has 0 spiro atoms. The molecule has 5 nitrogen and oxygen atoms in total. The molecule has 2 amide bonds. The minimum atomic E-state index is -0.671. The molecule has 2 rings (SSSR count). The van der Waals surface area contributed by atoms with Crippen molar-refractivity contribution in [1.29, 1.82) is 0 Å². The molecule has 1 N–H and O–H groups in total. The van der Waals surface area contributed by atoms with E-state index < -0.39 is 11.9 Å². The second kappa shape index (κ2) is 6.26. The maximum absolute atomic E-state index is 12.8. The maximum atomic E-state index is 12.8. The number of hydrogen-bond acceptors (Lipinski definition) is 3. The number of likely N-dealkylation sites (tertiary alicyclic amines) is 1. The SMILES string of the molecule is O=C(NCCCN1CCCC1=O)c1cccc(F)n1. The zero-order valence-electron chi connectivity index (χ0n) is 10.6. The molecule has 1 aliphatic rings. The van der Waals surface area contributed by atoms with Crippen molar-refractivity contribution in [2.45, 2.75) is 19.3 Å². The van der Waals surface area contributed by atoms with Crippen molar-refractivity contribution >= 4 is 11.8 Å². The lowest BCUT2D eigenvalue weighted by atomic mass is 10.3. The Labute approximate surface area is 110 Å². The number of hydrogen-bond donors (Lipinski definition) is 1. The van der Waals surface area contributed by atoms with Crippen LogP contribution in [0.3, 0.4) is 0 Å². The zero-order valence-corrected chi connectivity index (χ0v) is 10.6. The number of nitrogens with one attached hydrogen (secondary N) is 1. The van der Waals surface area contributed by atoms with Gasteiger partial charge in [-0.2, -0.15) is 4.39 Å². The minimum absolute atomic E-state index is 0.0669. The molecule has 0 saturated carbocycles. The highest BCUT2D eigenvalue weighted by Crippen LogP contribution is 2.09. The molecule has 1 saturated heterocycles. The van der Waals surface area contributed by atoms with Crippen LogP contribution in [0.1, 0.15) is 29.8 Å². The van der Waals surface area contributed by atoms with Crippen molar-refractivity contribution in [3.8, 4) is 0 Å². The summed E-state index contributed by atoms with van der Waals surface area (Å²) in [5.74, 6) is -0.888. The van der Waals surface area contributed by atoms with Crippen molar-refractivity contribution in [3.63, 3.8) is 0 Å². The van der Waals surface area contributed by atoms with Crippen molar-refractivity contribution in [2.75, 3.05) is 19.6 Å². The number of aromatic nitrogens is 1. The molecule has 102 valence electrons. The van der Waals surface area contributed by atoms with E-state index in [0.717, 1.165) is 13.0 Å². The van der Waals surface area contributed by atoms with Crippen LogP contribution in [0.5, 0.6) is 0 Å². The Morgan fingerprint density at radius 2 is 2.32 bits per heavy atom. The van der Waals surface area contributed by atoms with Gasteiger partial charge in [-0.15, -0.1) is 0 Å². The number of nitrogens with zero attached hydrogens (tertiary/aromatic N) is 2. The molecule has 1 aromatic rings. The Kier molecular flexibility index (Phi) is 4.43. The second-order valence-corrected chi connectivity index (χ2v) is 4.44. The van der Waals surface area contributed by atoms with Gasteiger partial charge in [0, 0.05) is 26.1 Å². The van der Waals surface area contributed by atoms with Gasteiger partial charge in [0.25, 0.3) is 5.91 Å². The van der Waals surface area contributed by atoms with Gasteiger partial charge in [-0.3, -0.25) is 9.59 Å². The van der Waals surface area contributed by atoms with Crippen LogP contribution in [0.15, 0.2) is 18.2 Å². The van der Waals surface area contributed by atoms with Crippen molar-refractivity contribution in [3.05, 3.63) is 29.8 Å². The molecule has 19 heavy (non-hydrogen) atoms. The molecule has 0 atom stereocenters. The lowest BCUT2D eigenvalue weighted by Gasteiger charge is -2.15. The quantitative estimate of drug-likeness (QED) is 0.637. The van der Waals surface area contributed by atoms with Crippen LogP contribution >= 0.6 is 0 Å². The van der Waals surface area contributed by atoms with E-state index in [1.54, 1.807) is 4.90 Å². The lowest BCUT2D eigenvalue weighted by molar-refractivity contribution is -0.127. The van der Waals surface area contributed by atoms with E-state index in [-0.39, 0.29) is 11.6 Å². The van der Waals surface area contributed by atoms with Gasteiger partial charge in [-0.05, 0) is 25.0 Å². The summed E-state index contributed by atoms with van der Waals surface area (Å²) >= 11 is 0. The molecule has 0 bridgehead atoms. The summed E-state index contributed by atoms with van der Waals surface area (Å²) < 4.78 is 12.8.